The molecule has 11 heteroatoms. The molecule has 0 spiro atoms. The second-order valence-electron chi connectivity index (χ2n) is 7.79. The zero-order valence-electron chi connectivity index (χ0n) is 19.4. The molecule has 0 bridgehead atoms. The van der Waals surface area contributed by atoms with E-state index in [1.165, 1.54) is 23.9 Å². The zero-order valence-corrected chi connectivity index (χ0v) is 21.8. The molecule has 8 nitrogen and oxygen atoms in total. The van der Waals surface area contributed by atoms with Crippen LogP contribution in [0.3, 0.4) is 0 Å². The lowest BCUT2D eigenvalue weighted by Gasteiger charge is -2.16. The fourth-order valence-electron chi connectivity index (χ4n) is 3.50. The fraction of sp³-hybridized carbons (Fsp3) is 0.200. The second kappa shape index (κ2) is 11.5. The smallest absolute Gasteiger partial charge is 0.220 e. The zero-order chi connectivity index (χ0) is 25.7. The maximum absolute atomic E-state index is 13.1. The molecule has 0 N–H and O–H groups in total. The van der Waals surface area contributed by atoms with Gasteiger partial charge in [0.15, 0.2) is 5.16 Å². The highest BCUT2D eigenvalue weighted by atomic mass is 79.9. The highest BCUT2D eigenvalue weighted by molar-refractivity contribution is 9.10. The molecule has 4 rings (SSSR count). The molecule has 36 heavy (non-hydrogen) atoms. The summed E-state index contributed by atoms with van der Waals surface area (Å²) in [6, 6.07) is 18.9. The van der Waals surface area contributed by atoms with Crippen LogP contribution in [0.4, 0.5) is 4.39 Å². The third kappa shape index (κ3) is 6.21. The lowest BCUT2D eigenvalue weighted by atomic mass is 10.1. The topological polar surface area (TPSA) is 92.3 Å². The second-order valence-corrected chi connectivity index (χ2v) is 9.81. The first-order valence-corrected chi connectivity index (χ1v) is 12.5. The van der Waals surface area contributed by atoms with Crippen molar-refractivity contribution in [2.45, 2.75) is 23.9 Å². The quantitative estimate of drug-likeness (QED) is 0.127. The SMILES string of the molecule is COc1ccc(-n2c(C)nnc2S[C@@H](C[N+](=O)[O-])c2ccc(OCc3ccc(F)cc3)c(Br)c2)cc1. The summed E-state index contributed by atoms with van der Waals surface area (Å²) >= 11 is 4.78. The van der Waals surface area contributed by atoms with Gasteiger partial charge in [0.25, 0.3) is 0 Å². The van der Waals surface area contributed by atoms with E-state index < -0.39 is 5.25 Å². The maximum Gasteiger partial charge on any atom is 0.220 e. The molecule has 0 unspecified atom stereocenters. The first-order valence-electron chi connectivity index (χ1n) is 10.9. The van der Waals surface area contributed by atoms with Crippen LogP contribution < -0.4 is 9.47 Å². The molecule has 0 saturated heterocycles. The number of nitrogens with zero attached hydrogens (tertiary/aromatic N) is 4. The Bertz CT molecular complexity index is 1350. The van der Waals surface area contributed by atoms with Gasteiger partial charge in [0.05, 0.1) is 11.6 Å². The van der Waals surface area contributed by atoms with Crippen molar-refractivity contribution >= 4 is 27.7 Å². The Morgan fingerprint density at radius 2 is 1.83 bits per heavy atom. The Morgan fingerprint density at radius 3 is 2.47 bits per heavy atom. The van der Waals surface area contributed by atoms with Crippen molar-refractivity contribution in [3.05, 3.63) is 104 Å². The fourth-order valence-corrected chi connectivity index (χ4v) is 5.17. The molecule has 0 radical (unpaired) electrons. The van der Waals surface area contributed by atoms with Gasteiger partial charge in [-0.15, -0.1) is 10.2 Å². The number of benzene rings is 3. The monoisotopic (exact) mass is 572 g/mol. The number of hydrogen-bond donors (Lipinski definition) is 0. The molecule has 0 amide bonds. The van der Waals surface area contributed by atoms with Crippen LogP contribution in [-0.4, -0.2) is 33.3 Å². The Balaban J connectivity index is 1.56. The number of nitro groups is 1. The van der Waals surface area contributed by atoms with Crippen LogP contribution in [-0.2, 0) is 6.61 Å². The van der Waals surface area contributed by atoms with Gasteiger partial charge in [0.2, 0.25) is 6.54 Å². The molecule has 1 heterocycles. The Labute approximate surface area is 219 Å². The van der Waals surface area contributed by atoms with Crippen LogP contribution in [0.25, 0.3) is 5.69 Å². The van der Waals surface area contributed by atoms with E-state index in [1.54, 1.807) is 31.4 Å². The van der Waals surface area contributed by atoms with E-state index >= 15 is 0 Å². The lowest BCUT2D eigenvalue weighted by Crippen LogP contribution is -2.11. The van der Waals surface area contributed by atoms with Gasteiger partial charge in [0.1, 0.15) is 35.0 Å². The largest absolute Gasteiger partial charge is 0.497 e. The molecular formula is C25H22BrFN4O4S. The number of hydrogen-bond acceptors (Lipinski definition) is 7. The number of rotatable bonds is 10. The minimum atomic E-state index is -0.525. The average Bonchev–Trinajstić information content (AvgIpc) is 3.23. The summed E-state index contributed by atoms with van der Waals surface area (Å²) < 4.78 is 26.7. The third-order valence-corrected chi connectivity index (χ3v) is 7.12. The van der Waals surface area contributed by atoms with Gasteiger partial charge in [-0.05, 0) is 82.5 Å². The van der Waals surface area contributed by atoms with Crippen molar-refractivity contribution in [2.75, 3.05) is 13.7 Å². The summed E-state index contributed by atoms with van der Waals surface area (Å²) in [6.07, 6.45) is 0. The van der Waals surface area contributed by atoms with Crippen LogP contribution in [0.15, 0.2) is 76.4 Å². The summed E-state index contributed by atoms with van der Waals surface area (Å²) in [5, 5.41) is 20.0. The number of aryl methyl sites for hydroxylation is 1. The predicted octanol–water partition coefficient (Wildman–Crippen LogP) is 6.18. The molecule has 1 aromatic heterocycles. The molecule has 186 valence electrons. The van der Waals surface area contributed by atoms with Crippen molar-refractivity contribution < 1.29 is 18.8 Å². The molecule has 4 aromatic rings. The van der Waals surface area contributed by atoms with E-state index in [0.29, 0.717) is 21.2 Å². The van der Waals surface area contributed by atoms with Gasteiger partial charge in [-0.25, -0.2) is 4.39 Å². The van der Waals surface area contributed by atoms with Crippen LogP contribution in [0, 0.1) is 22.9 Å². The van der Waals surface area contributed by atoms with Crippen molar-refractivity contribution in [1.29, 1.82) is 0 Å². The first-order chi connectivity index (χ1) is 17.3. The van der Waals surface area contributed by atoms with Gasteiger partial charge >= 0.3 is 0 Å². The van der Waals surface area contributed by atoms with Gasteiger partial charge in [0, 0.05) is 10.6 Å². The van der Waals surface area contributed by atoms with Crippen molar-refractivity contribution in [1.82, 2.24) is 14.8 Å². The Morgan fingerprint density at radius 1 is 1.11 bits per heavy atom. The van der Waals surface area contributed by atoms with E-state index in [4.69, 9.17) is 9.47 Å². The molecule has 0 fully saturated rings. The van der Waals surface area contributed by atoms with E-state index in [9.17, 15) is 14.5 Å². The third-order valence-electron chi connectivity index (χ3n) is 5.32. The standard InChI is InChI=1S/C25H22BrFN4O4S/c1-16-28-29-25(31(16)20-8-10-21(34-2)11-9-20)36-24(14-30(32)33)18-5-12-23(22(26)13-18)35-15-17-3-6-19(27)7-4-17/h3-13,24H,14-15H2,1-2H3/t24-/m0/s1. The van der Waals surface area contributed by atoms with Crippen LogP contribution in [0.1, 0.15) is 22.2 Å². The molecule has 3 aromatic carbocycles. The molecular weight excluding hydrogens is 551 g/mol. The summed E-state index contributed by atoms with van der Waals surface area (Å²) in [5.41, 5.74) is 2.38. The number of thioether (sulfide) groups is 1. The van der Waals surface area contributed by atoms with E-state index in [2.05, 4.69) is 26.1 Å². The van der Waals surface area contributed by atoms with Crippen LogP contribution in [0.5, 0.6) is 11.5 Å². The Kier molecular flexibility index (Phi) is 8.21. The molecule has 0 aliphatic carbocycles. The number of ether oxygens (including phenoxy) is 2. The van der Waals surface area contributed by atoms with E-state index in [1.807, 2.05) is 41.8 Å². The van der Waals surface area contributed by atoms with Crippen LogP contribution in [0.2, 0.25) is 0 Å². The number of methoxy groups -OCH3 is 1. The highest BCUT2D eigenvalue weighted by Gasteiger charge is 2.24. The minimum absolute atomic E-state index is 0.259. The Hall–Kier alpha value is -3.44. The van der Waals surface area contributed by atoms with E-state index in [-0.39, 0.29) is 23.9 Å². The van der Waals surface area contributed by atoms with Crippen molar-refractivity contribution in [2.24, 2.45) is 0 Å². The number of halogens is 2. The first kappa shape index (κ1) is 25.6. The highest BCUT2D eigenvalue weighted by Crippen LogP contribution is 2.39. The normalized spacial score (nSPS) is 11.8. The summed E-state index contributed by atoms with van der Waals surface area (Å²) in [5.74, 6) is 1.64. The lowest BCUT2D eigenvalue weighted by molar-refractivity contribution is -0.479. The molecule has 0 aliphatic heterocycles. The maximum atomic E-state index is 13.1. The predicted molar refractivity (Wildman–Crippen MR) is 138 cm³/mol. The number of aromatic nitrogens is 3. The van der Waals surface area contributed by atoms with Gasteiger partial charge in [-0.3, -0.25) is 14.7 Å². The van der Waals surface area contributed by atoms with Crippen LogP contribution >= 0.6 is 27.7 Å². The molecule has 0 aliphatic rings. The van der Waals surface area contributed by atoms with Gasteiger partial charge < -0.3 is 9.47 Å². The molecule has 0 saturated carbocycles. The summed E-state index contributed by atoms with van der Waals surface area (Å²) in [7, 11) is 1.60. The van der Waals surface area contributed by atoms with Crippen molar-refractivity contribution in [3.8, 4) is 17.2 Å². The molecule has 1 atom stereocenters. The van der Waals surface area contributed by atoms with Gasteiger partial charge in [-0.1, -0.05) is 30.0 Å². The van der Waals surface area contributed by atoms with Crippen molar-refractivity contribution in [3.63, 3.8) is 0 Å². The van der Waals surface area contributed by atoms with E-state index in [0.717, 1.165) is 22.6 Å². The van der Waals surface area contributed by atoms with Gasteiger partial charge in [-0.2, -0.15) is 0 Å². The average molecular weight is 573 g/mol. The summed E-state index contributed by atoms with van der Waals surface area (Å²) in [6.45, 7) is 1.78. The summed E-state index contributed by atoms with van der Waals surface area (Å²) in [4.78, 5) is 11.2. The minimum Gasteiger partial charge on any atom is -0.497 e.